The maximum Gasteiger partial charge on any atom is 0.0461 e. The van der Waals surface area contributed by atoms with Gasteiger partial charge in [-0.3, -0.25) is 0 Å². The molecule has 0 aliphatic carbocycles. The first kappa shape index (κ1) is 13.0. The van der Waals surface area contributed by atoms with Crippen molar-refractivity contribution < 1.29 is 5.11 Å². The van der Waals surface area contributed by atoms with Gasteiger partial charge in [-0.05, 0) is 11.8 Å². The Morgan fingerprint density at radius 1 is 0.923 bits per heavy atom. The molecule has 0 aromatic heterocycles. The zero-order chi connectivity index (χ0) is 10.1. The van der Waals surface area contributed by atoms with Crippen LogP contribution >= 0.6 is 0 Å². The molecule has 0 saturated heterocycles. The number of rotatable bonds is 8. The Labute approximate surface area is 83.5 Å². The van der Waals surface area contributed by atoms with Crippen LogP contribution in [0, 0.1) is 11.8 Å². The van der Waals surface area contributed by atoms with Crippen molar-refractivity contribution in [1.82, 2.24) is 0 Å². The van der Waals surface area contributed by atoms with Crippen LogP contribution in [0.2, 0.25) is 0 Å². The van der Waals surface area contributed by atoms with Crippen molar-refractivity contribution in [2.75, 3.05) is 6.61 Å². The highest BCUT2D eigenvalue weighted by Crippen LogP contribution is 2.24. The Morgan fingerprint density at radius 2 is 1.54 bits per heavy atom. The molecule has 0 heterocycles. The van der Waals surface area contributed by atoms with Crippen molar-refractivity contribution in [3.05, 3.63) is 0 Å². The smallest absolute Gasteiger partial charge is 0.0461 e. The third-order valence-corrected chi connectivity index (χ3v) is 3.13. The molecule has 0 spiro atoms. The van der Waals surface area contributed by atoms with E-state index in [4.69, 9.17) is 0 Å². The number of aliphatic hydroxyl groups is 1. The summed E-state index contributed by atoms with van der Waals surface area (Å²) in [6.07, 6.45) is 7.64. The third kappa shape index (κ3) is 5.30. The van der Waals surface area contributed by atoms with Gasteiger partial charge in [0.05, 0.1) is 0 Å². The topological polar surface area (TPSA) is 20.2 Å². The second kappa shape index (κ2) is 8.55. The highest BCUT2D eigenvalue weighted by Gasteiger charge is 2.16. The van der Waals surface area contributed by atoms with Gasteiger partial charge in [-0.1, -0.05) is 59.3 Å². The van der Waals surface area contributed by atoms with E-state index in [1.54, 1.807) is 0 Å². The highest BCUT2D eigenvalue weighted by atomic mass is 16.3. The molecule has 0 aliphatic rings. The molecule has 13 heavy (non-hydrogen) atoms. The van der Waals surface area contributed by atoms with Crippen molar-refractivity contribution in [3.8, 4) is 0 Å². The van der Waals surface area contributed by atoms with Gasteiger partial charge in [-0.25, -0.2) is 0 Å². The molecule has 0 aromatic carbocycles. The van der Waals surface area contributed by atoms with Gasteiger partial charge >= 0.3 is 0 Å². The van der Waals surface area contributed by atoms with Crippen molar-refractivity contribution in [1.29, 1.82) is 0 Å². The van der Waals surface area contributed by atoms with Gasteiger partial charge in [-0.15, -0.1) is 0 Å². The minimum Gasteiger partial charge on any atom is -0.396 e. The average molecular weight is 186 g/mol. The van der Waals surface area contributed by atoms with Crippen LogP contribution in [0.1, 0.15) is 59.3 Å². The molecule has 0 saturated carbocycles. The molecule has 1 nitrogen and oxygen atoms in total. The predicted molar refractivity (Wildman–Crippen MR) is 58.8 cm³/mol. The summed E-state index contributed by atoms with van der Waals surface area (Å²) < 4.78 is 0. The zero-order valence-corrected chi connectivity index (χ0v) is 9.55. The van der Waals surface area contributed by atoms with Crippen LogP contribution < -0.4 is 0 Å². The van der Waals surface area contributed by atoms with Gasteiger partial charge in [0.25, 0.3) is 0 Å². The van der Waals surface area contributed by atoms with Crippen LogP contribution in [-0.2, 0) is 0 Å². The van der Waals surface area contributed by atoms with E-state index in [1.165, 1.54) is 32.1 Å². The molecule has 0 unspecified atom stereocenters. The quantitative estimate of drug-likeness (QED) is 0.574. The van der Waals surface area contributed by atoms with Crippen molar-refractivity contribution >= 4 is 0 Å². The molecule has 0 radical (unpaired) electrons. The molecular formula is C12H26O. The first-order chi connectivity index (χ1) is 6.29. The minimum absolute atomic E-state index is 0.376. The summed E-state index contributed by atoms with van der Waals surface area (Å²) in [5.74, 6) is 1.29. The molecule has 0 amide bonds. The number of unbranched alkanes of at least 4 members (excludes halogenated alkanes) is 2. The van der Waals surface area contributed by atoms with E-state index in [0.717, 1.165) is 12.3 Å². The van der Waals surface area contributed by atoms with Crippen LogP contribution in [0.4, 0.5) is 0 Å². The maximum atomic E-state index is 9.18. The maximum absolute atomic E-state index is 9.18. The second-order valence-corrected chi connectivity index (χ2v) is 4.02. The van der Waals surface area contributed by atoms with Crippen molar-refractivity contribution in [2.45, 2.75) is 59.3 Å². The first-order valence-corrected chi connectivity index (χ1v) is 5.90. The highest BCUT2D eigenvalue weighted by molar-refractivity contribution is 4.67. The van der Waals surface area contributed by atoms with Gasteiger partial charge in [-0.2, -0.15) is 0 Å². The summed E-state index contributed by atoms with van der Waals surface area (Å²) in [7, 11) is 0. The summed E-state index contributed by atoms with van der Waals surface area (Å²) in [5.41, 5.74) is 0. The lowest BCUT2D eigenvalue weighted by Gasteiger charge is -2.23. The fourth-order valence-electron chi connectivity index (χ4n) is 2.04. The van der Waals surface area contributed by atoms with Gasteiger partial charge in [0.1, 0.15) is 0 Å². The molecule has 0 aromatic rings. The van der Waals surface area contributed by atoms with Gasteiger partial charge in [0.2, 0.25) is 0 Å². The van der Waals surface area contributed by atoms with E-state index in [-0.39, 0.29) is 0 Å². The summed E-state index contributed by atoms with van der Waals surface area (Å²) in [6, 6.07) is 0. The molecule has 0 aliphatic heterocycles. The van der Waals surface area contributed by atoms with Crippen LogP contribution in [0.15, 0.2) is 0 Å². The standard InChI is InChI=1S/C12H26O/c1-4-7-8-9-11(5-2)12(6-3)10-13/h11-13H,4-10H2,1-3H3/t11-,12+/m1/s1. The normalized spacial score (nSPS) is 15.7. The minimum atomic E-state index is 0.376. The van der Waals surface area contributed by atoms with Gasteiger partial charge in [0, 0.05) is 6.61 Å². The predicted octanol–water partition coefficient (Wildman–Crippen LogP) is 3.61. The van der Waals surface area contributed by atoms with E-state index < -0.39 is 0 Å². The number of hydrogen-bond donors (Lipinski definition) is 1. The summed E-state index contributed by atoms with van der Waals surface area (Å²) in [5, 5.41) is 9.18. The van der Waals surface area contributed by atoms with Crippen LogP contribution in [0.3, 0.4) is 0 Å². The molecule has 1 heteroatoms. The Kier molecular flexibility index (Phi) is 8.53. The lowest BCUT2D eigenvalue weighted by Crippen LogP contribution is -2.17. The van der Waals surface area contributed by atoms with Gasteiger partial charge < -0.3 is 5.11 Å². The zero-order valence-electron chi connectivity index (χ0n) is 9.55. The molecule has 80 valence electrons. The van der Waals surface area contributed by atoms with E-state index in [0.29, 0.717) is 12.5 Å². The van der Waals surface area contributed by atoms with E-state index in [1.807, 2.05) is 0 Å². The van der Waals surface area contributed by atoms with Crippen molar-refractivity contribution in [2.24, 2.45) is 11.8 Å². The third-order valence-electron chi connectivity index (χ3n) is 3.13. The van der Waals surface area contributed by atoms with E-state index in [9.17, 15) is 5.11 Å². The molecule has 0 rings (SSSR count). The Morgan fingerprint density at radius 3 is 1.92 bits per heavy atom. The lowest BCUT2D eigenvalue weighted by atomic mass is 9.84. The summed E-state index contributed by atoms with van der Waals surface area (Å²) in [6.45, 7) is 7.05. The second-order valence-electron chi connectivity index (χ2n) is 4.02. The average Bonchev–Trinajstić information content (AvgIpc) is 2.17. The van der Waals surface area contributed by atoms with E-state index in [2.05, 4.69) is 20.8 Å². The monoisotopic (exact) mass is 186 g/mol. The summed E-state index contributed by atoms with van der Waals surface area (Å²) in [4.78, 5) is 0. The molecule has 1 N–H and O–H groups in total. The fraction of sp³-hybridized carbons (Fsp3) is 1.00. The van der Waals surface area contributed by atoms with Crippen LogP contribution in [0.25, 0.3) is 0 Å². The number of hydrogen-bond acceptors (Lipinski definition) is 1. The van der Waals surface area contributed by atoms with Crippen LogP contribution in [-0.4, -0.2) is 11.7 Å². The Bertz CT molecular complexity index is 97.3. The summed E-state index contributed by atoms with van der Waals surface area (Å²) >= 11 is 0. The van der Waals surface area contributed by atoms with Gasteiger partial charge in [0.15, 0.2) is 0 Å². The first-order valence-electron chi connectivity index (χ1n) is 5.90. The fourth-order valence-corrected chi connectivity index (χ4v) is 2.04. The lowest BCUT2D eigenvalue weighted by molar-refractivity contribution is 0.159. The Balaban J connectivity index is 3.71. The number of aliphatic hydroxyl groups excluding tert-OH is 1. The van der Waals surface area contributed by atoms with Crippen LogP contribution in [0.5, 0.6) is 0 Å². The largest absolute Gasteiger partial charge is 0.396 e. The van der Waals surface area contributed by atoms with E-state index >= 15 is 0 Å². The molecule has 2 atom stereocenters. The molecule has 0 fully saturated rings. The molecule has 0 bridgehead atoms. The SMILES string of the molecule is CCCCC[C@@H](CC)[C@@H](CC)CO. The molecular weight excluding hydrogens is 160 g/mol. The Hall–Kier alpha value is -0.0400. The van der Waals surface area contributed by atoms with Crippen molar-refractivity contribution in [3.63, 3.8) is 0 Å².